The second-order valence-electron chi connectivity index (χ2n) is 3.85. The summed E-state index contributed by atoms with van der Waals surface area (Å²) < 4.78 is 20.3. The Bertz CT molecular complexity index is 325. The van der Waals surface area contributed by atoms with Crippen molar-refractivity contribution in [3.63, 3.8) is 0 Å². The second kappa shape index (κ2) is 13.4. The van der Waals surface area contributed by atoms with Crippen LogP contribution in [0, 0.1) is 9.81 Å². The van der Waals surface area contributed by atoms with Crippen molar-refractivity contribution in [1.82, 2.24) is 0 Å². The Morgan fingerprint density at radius 2 is 1.57 bits per heavy atom. The Morgan fingerprint density at radius 1 is 1.05 bits per heavy atom. The van der Waals surface area contributed by atoms with E-state index < -0.39 is 25.7 Å². The van der Waals surface area contributed by atoms with Gasteiger partial charge in [0.2, 0.25) is 0 Å². The van der Waals surface area contributed by atoms with Gasteiger partial charge in [-0.15, -0.1) is 9.81 Å². The van der Waals surface area contributed by atoms with Crippen molar-refractivity contribution in [3.8, 4) is 0 Å². The van der Waals surface area contributed by atoms with Crippen molar-refractivity contribution in [2.45, 2.75) is 19.1 Å². The number of aldehydes is 1. The summed E-state index contributed by atoms with van der Waals surface area (Å²) in [5.74, 6) is -0.224. The lowest BCUT2D eigenvalue weighted by molar-refractivity contribution is -0.145. The van der Waals surface area contributed by atoms with Crippen LogP contribution in [0.25, 0.3) is 0 Å². The molecule has 120 valence electrons. The van der Waals surface area contributed by atoms with Crippen LogP contribution in [0.1, 0.15) is 6.92 Å². The Morgan fingerprint density at radius 3 is 2.00 bits per heavy atom. The number of ketones is 1. The summed E-state index contributed by atoms with van der Waals surface area (Å²) in [5, 5.41) is 5.04. The monoisotopic (exact) mass is 306 g/mol. The van der Waals surface area contributed by atoms with Gasteiger partial charge in [-0.3, -0.25) is 4.79 Å². The lowest BCUT2D eigenvalue weighted by Crippen LogP contribution is -2.40. The second-order valence-corrected chi connectivity index (χ2v) is 3.85. The summed E-state index contributed by atoms with van der Waals surface area (Å²) in [7, 11) is 0. The molecule has 0 aliphatic heterocycles. The Labute approximate surface area is 121 Å². The van der Waals surface area contributed by atoms with Gasteiger partial charge in [0.25, 0.3) is 0 Å². The fourth-order valence-corrected chi connectivity index (χ4v) is 1.33. The molecule has 0 radical (unpaired) electrons. The average molecular weight is 306 g/mol. The van der Waals surface area contributed by atoms with Crippen molar-refractivity contribution in [3.05, 3.63) is 9.81 Å². The minimum atomic E-state index is -0.776. The number of ether oxygens (including phenoxy) is 4. The highest BCUT2D eigenvalue weighted by Gasteiger charge is 2.24. The summed E-state index contributed by atoms with van der Waals surface area (Å²) in [6.07, 6.45) is -1.02. The number of carbonyl (C=O) groups is 2. The summed E-state index contributed by atoms with van der Waals surface area (Å²) in [6, 6.07) is 0. The molecule has 0 spiro atoms. The molecule has 10 nitrogen and oxygen atoms in total. The predicted molar refractivity (Wildman–Crippen MR) is 69.5 cm³/mol. The van der Waals surface area contributed by atoms with Crippen LogP contribution in [-0.2, 0) is 28.5 Å². The van der Waals surface area contributed by atoms with Crippen LogP contribution >= 0.6 is 0 Å². The van der Waals surface area contributed by atoms with Gasteiger partial charge in [0.05, 0.1) is 13.2 Å². The Hall–Kier alpha value is -1.62. The fourth-order valence-electron chi connectivity index (χ4n) is 1.33. The van der Waals surface area contributed by atoms with Crippen molar-refractivity contribution in [2.24, 2.45) is 10.4 Å². The quantitative estimate of drug-likeness (QED) is 0.235. The lowest BCUT2D eigenvalue weighted by Gasteiger charge is -2.25. The zero-order chi connectivity index (χ0) is 15.9. The molecule has 0 aromatic rings. The number of hydrogen-bond acceptors (Lipinski definition) is 10. The van der Waals surface area contributed by atoms with E-state index in [0.29, 0.717) is 6.29 Å². The van der Waals surface area contributed by atoms with E-state index >= 15 is 0 Å². The maximum atomic E-state index is 11.0. The van der Waals surface area contributed by atoms with Gasteiger partial charge >= 0.3 is 0 Å². The molecule has 0 amide bonds. The maximum Gasteiger partial charge on any atom is 0.179 e. The topological polar surface area (TPSA) is 130 Å². The Balaban J connectivity index is 4.57. The van der Waals surface area contributed by atoms with Crippen LogP contribution in [0.2, 0.25) is 0 Å². The highest BCUT2D eigenvalue weighted by molar-refractivity contribution is 5.76. The molecule has 0 saturated carbocycles. The number of hydrogen-bond donors (Lipinski definition) is 0. The first-order chi connectivity index (χ1) is 10.2. The molecule has 0 aliphatic carbocycles. The number of nitroso groups, excluding NO2 is 2. The Kier molecular flexibility index (Phi) is 12.3. The van der Waals surface area contributed by atoms with E-state index in [4.69, 9.17) is 18.9 Å². The van der Waals surface area contributed by atoms with Crippen LogP contribution < -0.4 is 0 Å². The normalized spacial score (nSPS) is 13.4. The predicted octanol–water partition coefficient (Wildman–Crippen LogP) is 0.0257. The minimum absolute atomic E-state index is 0.0968. The van der Waals surface area contributed by atoms with Crippen molar-refractivity contribution < 1.29 is 28.5 Å². The van der Waals surface area contributed by atoms with Crippen LogP contribution in [0.3, 0.4) is 0 Å². The molecular formula is C11H18N2O8. The van der Waals surface area contributed by atoms with Gasteiger partial charge in [0.15, 0.2) is 19.2 Å². The fraction of sp³-hybridized carbons (Fsp3) is 0.818. The van der Waals surface area contributed by atoms with Crippen molar-refractivity contribution in [2.75, 3.05) is 39.9 Å². The highest BCUT2D eigenvalue weighted by Crippen LogP contribution is 2.07. The molecule has 0 N–H and O–H groups in total. The molecule has 0 aromatic heterocycles. The third kappa shape index (κ3) is 10.8. The highest BCUT2D eigenvalue weighted by atomic mass is 16.6. The number of rotatable bonds is 15. The van der Waals surface area contributed by atoms with Gasteiger partial charge in [-0.05, 0) is 17.3 Å². The maximum absolute atomic E-state index is 11.0. The molecule has 0 aromatic carbocycles. The van der Waals surface area contributed by atoms with Gasteiger partial charge in [-0.1, -0.05) is 0 Å². The van der Waals surface area contributed by atoms with Gasteiger partial charge in [-0.2, -0.15) is 0 Å². The van der Waals surface area contributed by atoms with E-state index in [1.54, 1.807) is 0 Å². The number of carbonyl (C=O) groups excluding carboxylic acids is 2. The summed E-state index contributed by atoms with van der Waals surface area (Å²) >= 11 is 0. The van der Waals surface area contributed by atoms with Crippen molar-refractivity contribution >= 4 is 12.1 Å². The minimum Gasteiger partial charge on any atom is -0.366 e. The zero-order valence-electron chi connectivity index (χ0n) is 11.6. The van der Waals surface area contributed by atoms with Gasteiger partial charge in [0, 0.05) is 0 Å². The summed E-state index contributed by atoms with van der Waals surface area (Å²) in [5.41, 5.74) is 0. The number of nitrogens with zero attached hydrogens (tertiary/aromatic N) is 2. The third-order valence-corrected chi connectivity index (χ3v) is 2.15. The molecule has 0 rings (SSSR count). The molecule has 0 aliphatic rings. The van der Waals surface area contributed by atoms with E-state index in [1.807, 2.05) is 0 Å². The average Bonchev–Trinajstić information content (AvgIpc) is 2.46. The van der Waals surface area contributed by atoms with E-state index in [-0.39, 0.29) is 32.2 Å². The van der Waals surface area contributed by atoms with Gasteiger partial charge in [0.1, 0.15) is 31.7 Å². The molecule has 0 bridgehead atoms. The van der Waals surface area contributed by atoms with E-state index in [0.717, 1.165) is 0 Å². The SMILES string of the molecule is CC(=O)COC(COCN=O)C(COCN=O)OCC=O. The van der Waals surface area contributed by atoms with Gasteiger partial charge < -0.3 is 23.7 Å². The first kappa shape index (κ1) is 19.4. The molecular weight excluding hydrogens is 288 g/mol. The van der Waals surface area contributed by atoms with Crippen LogP contribution in [0.4, 0.5) is 0 Å². The standard InChI is InChI=1S/C11H18N2O8/c1-9(15)4-21-11(6-19-8-13-17)10(20-3-2-14)5-18-7-12-16/h2,10-11H,3-8H2,1H3. The molecule has 2 atom stereocenters. The smallest absolute Gasteiger partial charge is 0.179 e. The molecule has 0 fully saturated rings. The van der Waals surface area contributed by atoms with Gasteiger partial charge in [-0.25, -0.2) is 0 Å². The summed E-state index contributed by atoms with van der Waals surface area (Å²) in [4.78, 5) is 41.3. The van der Waals surface area contributed by atoms with Crippen LogP contribution in [0.5, 0.6) is 0 Å². The van der Waals surface area contributed by atoms with E-state index in [9.17, 15) is 19.4 Å². The van der Waals surface area contributed by atoms with E-state index in [2.05, 4.69) is 10.4 Å². The molecule has 21 heavy (non-hydrogen) atoms. The third-order valence-electron chi connectivity index (χ3n) is 2.15. The van der Waals surface area contributed by atoms with E-state index in [1.165, 1.54) is 6.92 Å². The number of Topliss-reactive ketones (excluding diaryl/α,β-unsaturated/α-hetero) is 1. The molecule has 0 saturated heterocycles. The molecule has 10 heteroatoms. The first-order valence-corrected chi connectivity index (χ1v) is 6.05. The largest absolute Gasteiger partial charge is 0.366 e. The lowest BCUT2D eigenvalue weighted by atomic mass is 10.2. The van der Waals surface area contributed by atoms with Crippen molar-refractivity contribution in [1.29, 1.82) is 0 Å². The first-order valence-electron chi connectivity index (χ1n) is 6.05. The zero-order valence-corrected chi connectivity index (χ0v) is 11.6. The van der Waals surface area contributed by atoms with Crippen LogP contribution in [0.15, 0.2) is 10.4 Å². The summed E-state index contributed by atoms with van der Waals surface area (Å²) in [6.45, 7) is -0.0719. The molecule has 2 unspecified atom stereocenters. The molecule has 0 heterocycles. The van der Waals surface area contributed by atoms with Crippen LogP contribution in [-0.4, -0.2) is 64.2 Å².